The van der Waals surface area contributed by atoms with Crippen LogP contribution in [-0.2, 0) is 11.2 Å². The van der Waals surface area contributed by atoms with Gasteiger partial charge in [-0.05, 0) is 50.5 Å². The number of rotatable bonds is 5. The molecule has 3 rings (SSSR count). The minimum Gasteiger partial charge on any atom is -0.462 e. The highest BCUT2D eigenvalue weighted by atomic mass is 16.5. The fourth-order valence-electron chi connectivity index (χ4n) is 3.27. The maximum atomic E-state index is 13.1. The summed E-state index contributed by atoms with van der Waals surface area (Å²) in [7, 11) is 0. The monoisotopic (exact) mass is 351 g/mol. The van der Waals surface area contributed by atoms with Gasteiger partial charge in [0.15, 0.2) is 0 Å². The van der Waals surface area contributed by atoms with Crippen LogP contribution in [0, 0.1) is 18.3 Å². The smallest absolute Gasteiger partial charge is 0.338 e. The summed E-state index contributed by atoms with van der Waals surface area (Å²) < 4.78 is 6.57. The van der Waals surface area contributed by atoms with Crippen molar-refractivity contribution in [3.63, 3.8) is 0 Å². The van der Waals surface area contributed by atoms with E-state index in [1.807, 2.05) is 6.92 Å². The number of ether oxygens (including phenoxy) is 1. The van der Waals surface area contributed by atoms with Gasteiger partial charge in [0.2, 0.25) is 0 Å². The van der Waals surface area contributed by atoms with Gasteiger partial charge in [0.25, 0.3) is 5.56 Å². The molecule has 134 valence electrons. The van der Waals surface area contributed by atoms with Gasteiger partial charge in [0.05, 0.1) is 28.8 Å². The fraction of sp³-hybridized carbons (Fsp3) is 0.350. The minimum atomic E-state index is -0.416. The van der Waals surface area contributed by atoms with Crippen molar-refractivity contribution in [2.75, 3.05) is 6.61 Å². The summed E-state index contributed by atoms with van der Waals surface area (Å²) >= 11 is 0. The van der Waals surface area contributed by atoms with Crippen LogP contribution in [0.15, 0.2) is 23.0 Å². The van der Waals surface area contributed by atoms with Gasteiger partial charge in [0.1, 0.15) is 11.7 Å². The molecule has 0 fully saturated rings. The van der Waals surface area contributed by atoms with E-state index in [1.165, 1.54) is 0 Å². The topological polar surface area (TPSA) is 87.4 Å². The first-order valence-corrected chi connectivity index (χ1v) is 8.80. The fourth-order valence-corrected chi connectivity index (χ4v) is 3.27. The number of aromatic nitrogens is 2. The van der Waals surface area contributed by atoms with Crippen molar-refractivity contribution in [3.05, 3.63) is 50.8 Å². The Labute approximate surface area is 151 Å². The molecule has 0 spiro atoms. The number of aromatic amines is 1. The number of hydrogen-bond donors (Lipinski definition) is 1. The van der Waals surface area contributed by atoms with Crippen molar-refractivity contribution in [1.82, 2.24) is 9.38 Å². The quantitative estimate of drug-likeness (QED) is 0.713. The largest absolute Gasteiger partial charge is 0.462 e. The lowest BCUT2D eigenvalue weighted by Gasteiger charge is -2.08. The SMILES string of the molecule is CCCCc1c(C)c(C#N)c2[nH]c3cc(C(=O)OCC)ccc3n2c1=O. The number of nitrogens with one attached hydrogen (secondary N) is 1. The van der Waals surface area contributed by atoms with E-state index >= 15 is 0 Å². The number of esters is 1. The third-order valence-corrected chi connectivity index (χ3v) is 4.64. The molecule has 2 aromatic heterocycles. The van der Waals surface area contributed by atoms with Gasteiger partial charge in [-0.3, -0.25) is 9.20 Å². The minimum absolute atomic E-state index is 0.111. The number of benzene rings is 1. The van der Waals surface area contributed by atoms with Crippen molar-refractivity contribution in [2.45, 2.75) is 40.0 Å². The first kappa shape index (κ1) is 17.7. The second kappa shape index (κ2) is 7.04. The molecule has 0 amide bonds. The Morgan fingerprint density at radius 3 is 2.77 bits per heavy atom. The average molecular weight is 351 g/mol. The first-order chi connectivity index (χ1) is 12.5. The molecule has 0 aliphatic carbocycles. The van der Waals surface area contributed by atoms with Crippen LogP contribution in [0.4, 0.5) is 0 Å². The Hall–Kier alpha value is -3.07. The number of carbonyl (C=O) groups is 1. The second-order valence-electron chi connectivity index (χ2n) is 6.26. The van der Waals surface area contributed by atoms with Gasteiger partial charge < -0.3 is 9.72 Å². The molecule has 26 heavy (non-hydrogen) atoms. The Balaban J connectivity index is 2.32. The summed E-state index contributed by atoms with van der Waals surface area (Å²) in [6.45, 7) is 5.93. The zero-order valence-electron chi connectivity index (χ0n) is 15.2. The van der Waals surface area contributed by atoms with Gasteiger partial charge in [0, 0.05) is 5.56 Å². The van der Waals surface area contributed by atoms with Crippen LogP contribution in [0.3, 0.4) is 0 Å². The molecule has 0 saturated heterocycles. The average Bonchev–Trinajstić information content (AvgIpc) is 3.00. The maximum Gasteiger partial charge on any atom is 0.338 e. The molecule has 0 unspecified atom stereocenters. The van der Waals surface area contributed by atoms with Crippen LogP contribution in [0.1, 0.15) is 53.7 Å². The number of H-pyrrole nitrogens is 1. The Morgan fingerprint density at radius 2 is 2.12 bits per heavy atom. The number of pyridine rings is 1. The highest BCUT2D eigenvalue weighted by Crippen LogP contribution is 2.23. The molecule has 2 heterocycles. The van der Waals surface area contributed by atoms with E-state index in [1.54, 1.807) is 29.5 Å². The Bertz CT molecular complexity index is 1100. The highest BCUT2D eigenvalue weighted by Gasteiger charge is 2.19. The first-order valence-electron chi connectivity index (χ1n) is 8.80. The van der Waals surface area contributed by atoms with Crippen molar-refractivity contribution in [3.8, 4) is 6.07 Å². The number of hydrogen-bond acceptors (Lipinski definition) is 4. The molecule has 0 atom stereocenters. The van der Waals surface area contributed by atoms with E-state index in [2.05, 4.69) is 18.0 Å². The zero-order chi connectivity index (χ0) is 18.8. The van der Waals surface area contributed by atoms with E-state index in [0.29, 0.717) is 46.4 Å². The molecule has 0 saturated carbocycles. The summed E-state index contributed by atoms with van der Waals surface area (Å²) in [6.07, 6.45) is 2.51. The van der Waals surface area contributed by atoms with Crippen LogP contribution in [-0.4, -0.2) is 22.0 Å². The van der Waals surface area contributed by atoms with Crippen LogP contribution >= 0.6 is 0 Å². The number of carbonyl (C=O) groups excluding carboxylic acids is 1. The third kappa shape index (κ3) is 2.76. The molecule has 1 N–H and O–H groups in total. The number of fused-ring (bicyclic) bond motifs is 3. The molecule has 3 aromatic rings. The van der Waals surface area contributed by atoms with Crippen molar-refractivity contribution in [1.29, 1.82) is 5.26 Å². The van der Waals surface area contributed by atoms with Gasteiger partial charge in [-0.2, -0.15) is 5.26 Å². The van der Waals surface area contributed by atoms with Crippen LogP contribution in [0.5, 0.6) is 0 Å². The predicted octanol–water partition coefficient (Wildman–Crippen LogP) is 3.48. The second-order valence-corrected chi connectivity index (χ2v) is 6.26. The van der Waals surface area contributed by atoms with Crippen LogP contribution in [0.2, 0.25) is 0 Å². The van der Waals surface area contributed by atoms with E-state index in [9.17, 15) is 14.9 Å². The van der Waals surface area contributed by atoms with Crippen LogP contribution < -0.4 is 5.56 Å². The number of nitriles is 1. The molecular weight excluding hydrogens is 330 g/mol. The predicted molar refractivity (Wildman–Crippen MR) is 99.5 cm³/mol. The normalized spacial score (nSPS) is 11.0. The maximum absolute atomic E-state index is 13.1. The van der Waals surface area contributed by atoms with E-state index in [4.69, 9.17) is 4.74 Å². The number of imidazole rings is 1. The molecule has 0 radical (unpaired) electrons. The van der Waals surface area contributed by atoms with Crippen molar-refractivity contribution < 1.29 is 9.53 Å². The lowest BCUT2D eigenvalue weighted by atomic mass is 10.0. The molecular formula is C20H21N3O3. The van der Waals surface area contributed by atoms with Gasteiger partial charge in [-0.1, -0.05) is 13.3 Å². The lowest BCUT2D eigenvalue weighted by Crippen LogP contribution is -2.21. The van der Waals surface area contributed by atoms with E-state index in [0.717, 1.165) is 18.4 Å². The highest BCUT2D eigenvalue weighted by molar-refractivity contribution is 5.95. The lowest BCUT2D eigenvalue weighted by molar-refractivity contribution is 0.0526. The van der Waals surface area contributed by atoms with Crippen LogP contribution in [0.25, 0.3) is 16.7 Å². The van der Waals surface area contributed by atoms with E-state index < -0.39 is 5.97 Å². The Morgan fingerprint density at radius 1 is 1.35 bits per heavy atom. The molecule has 1 aromatic carbocycles. The van der Waals surface area contributed by atoms with Gasteiger partial charge >= 0.3 is 5.97 Å². The third-order valence-electron chi connectivity index (χ3n) is 4.64. The van der Waals surface area contributed by atoms with Crippen molar-refractivity contribution >= 4 is 22.6 Å². The summed E-state index contributed by atoms with van der Waals surface area (Å²) in [5.74, 6) is -0.416. The Kier molecular flexibility index (Phi) is 4.81. The number of nitrogens with zero attached hydrogens (tertiary/aromatic N) is 2. The van der Waals surface area contributed by atoms with E-state index in [-0.39, 0.29) is 5.56 Å². The summed E-state index contributed by atoms with van der Waals surface area (Å²) in [5.41, 5.74) is 3.89. The summed E-state index contributed by atoms with van der Waals surface area (Å²) in [5, 5.41) is 9.64. The molecule has 0 aliphatic rings. The molecule has 6 heteroatoms. The number of unbranched alkanes of at least 4 members (excludes halogenated alkanes) is 1. The van der Waals surface area contributed by atoms with Gasteiger partial charge in [-0.15, -0.1) is 0 Å². The summed E-state index contributed by atoms with van der Waals surface area (Å²) in [6, 6.07) is 7.22. The summed E-state index contributed by atoms with van der Waals surface area (Å²) in [4.78, 5) is 28.2. The standard InChI is InChI=1S/C20H21N3O3/c1-4-6-7-14-12(3)15(11-21)18-22-16-10-13(20(25)26-5-2)8-9-17(16)23(18)19(14)24/h8-10,22H,4-7H2,1-3H3. The molecule has 0 bridgehead atoms. The zero-order valence-corrected chi connectivity index (χ0v) is 15.2. The molecule has 0 aliphatic heterocycles. The molecule has 6 nitrogen and oxygen atoms in total. The van der Waals surface area contributed by atoms with Gasteiger partial charge in [-0.25, -0.2) is 4.79 Å². The van der Waals surface area contributed by atoms with Crippen molar-refractivity contribution in [2.24, 2.45) is 0 Å².